The molecule has 0 saturated carbocycles. The summed E-state index contributed by atoms with van der Waals surface area (Å²) in [6.45, 7) is 4.16. The van der Waals surface area contributed by atoms with Gasteiger partial charge >= 0.3 is 0 Å². The van der Waals surface area contributed by atoms with E-state index in [2.05, 4.69) is 38.8 Å². The molecule has 4 heterocycles. The Kier molecular flexibility index (Phi) is 5.96. The molecule has 0 aliphatic carbocycles. The highest BCUT2D eigenvalue weighted by Gasteiger charge is 2.23. The average molecular weight is 484 g/mol. The molecule has 0 radical (unpaired) electrons. The first-order valence-electron chi connectivity index (χ1n) is 10.9. The highest BCUT2D eigenvalue weighted by atomic mass is 32.1. The number of methoxy groups -OCH3 is 1. The zero-order chi connectivity index (χ0) is 23.8. The van der Waals surface area contributed by atoms with Gasteiger partial charge in [-0.3, -0.25) is 0 Å². The fraction of sp³-hybridized carbons (Fsp3) is 0.304. The summed E-state index contributed by atoms with van der Waals surface area (Å²) in [5.41, 5.74) is 8.51. The molecule has 1 saturated heterocycles. The molecule has 3 N–H and O–H groups in total. The van der Waals surface area contributed by atoms with Crippen LogP contribution in [-0.2, 0) is 0 Å². The van der Waals surface area contributed by atoms with Gasteiger partial charge in [0.05, 0.1) is 12.7 Å². The third kappa shape index (κ3) is 3.90. The predicted molar refractivity (Wildman–Crippen MR) is 126 cm³/mol. The third-order valence-corrected chi connectivity index (χ3v) is 7.46. The fourth-order valence-corrected chi connectivity index (χ4v) is 5.56. The standard InChI is InChI=1S/C23H23F2N7OS/c1-12-8-18(34-21(12)13-4-3-7-27-10-13)14-9-15(22(26)28-11-14)23-29-30-31-32(23)16-5-6-17(33-2)20(25)19(16)24/h5-6,8-9,11,13,27H,3-4,7,10H2,1-2H3,(H2,26,28). The van der Waals surface area contributed by atoms with Gasteiger partial charge < -0.3 is 15.8 Å². The van der Waals surface area contributed by atoms with E-state index < -0.39 is 11.6 Å². The summed E-state index contributed by atoms with van der Waals surface area (Å²) in [6.07, 6.45) is 4.03. The summed E-state index contributed by atoms with van der Waals surface area (Å²) < 4.78 is 35.0. The molecule has 1 atom stereocenters. The molecule has 1 aliphatic rings. The van der Waals surface area contributed by atoms with Crippen LogP contribution < -0.4 is 15.8 Å². The summed E-state index contributed by atoms with van der Waals surface area (Å²) >= 11 is 1.74. The minimum absolute atomic E-state index is 0.153. The van der Waals surface area contributed by atoms with Crippen molar-refractivity contribution in [2.45, 2.75) is 25.7 Å². The number of hydrogen-bond acceptors (Lipinski definition) is 8. The summed E-state index contributed by atoms with van der Waals surface area (Å²) in [6, 6.07) is 6.63. The molecule has 5 rings (SSSR count). The van der Waals surface area contributed by atoms with Gasteiger partial charge in [0.25, 0.3) is 0 Å². The quantitative estimate of drug-likeness (QED) is 0.440. The zero-order valence-corrected chi connectivity index (χ0v) is 19.5. The molecule has 34 heavy (non-hydrogen) atoms. The van der Waals surface area contributed by atoms with Crippen molar-refractivity contribution in [2.75, 3.05) is 25.9 Å². The van der Waals surface area contributed by atoms with Crippen LogP contribution in [0.5, 0.6) is 5.75 Å². The van der Waals surface area contributed by atoms with Crippen LogP contribution in [0.3, 0.4) is 0 Å². The second-order valence-electron chi connectivity index (χ2n) is 8.19. The maximum Gasteiger partial charge on any atom is 0.202 e. The summed E-state index contributed by atoms with van der Waals surface area (Å²) in [4.78, 5) is 6.75. The van der Waals surface area contributed by atoms with Gasteiger partial charge in [0.1, 0.15) is 11.5 Å². The Balaban J connectivity index is 1.55. The van der Waals surface area contributed by atoms with Crippen LogP contribution in [0, 0.1) is 18.6 Å². The Bertz CT molecular complexity index is 1350. The molecule has 1 fully saturated rings. The van der Waals surface area contributed by atoms with E-state index in [1.807, 2.05) is 6.07 Å². The molecule has 1 aromatic carbocycles. The number of tetrazole rings is 1. The Hall–Kier alpha value is -3.44. The number of piperidine rings is 1. The lowest BCUT2D eigenvalue weighted by Gasteiger charge is -2.22. The van der Waals surface area contributed by atoms with Gasteiger partial charge in [-0.2, -0.15) is 9.07 Å². The number of thiophene rings is 1. The van der Waals surface area contributed by atoms with Crippen molar-refractivity contribution in [1.29, 1.82) is 0 Å². The van der Waals surface area contributed by atoms with Crippen molar-refractivity contribution < 1.29 is 13.5 Å². The number of benzene rings is 1. The highest BCUT2D eigenvalue weighted by molar-refractivity contribution is 7.15. The second kappa shape index (κ2) is 9.07. The lowest BCUT2D eigenvalue weighted by atomic mass is 9.96. The van der Waals surface area contributed by atoms with Crippen molar-refractivity contribution >= 4 is 17.2 Å². The number of aryl methyl sites for hydroxylation is 1. The first kappa shape index (κ1) is 22.4. The predicted octanol–water partition coefficient (Wildman–Crippen LogP) is 4.10. The smallest absolute Gasteiger partial charge is 0.202 e. The van der Waals surface area contributed by atoms with Crippen LogP contribution >= 0.6 is 11.3 Å². The number of aromatic nitrogens is 5. The number of hydrogen-bond donors (Lipinski definition) is 2. The van der Waals surface area contributed by atoms with Gasteiger partial charge in [0.2, 0.25) is 5.82 Å². The number of nitrogen functional groups attached to an aromatic ring is 1. The molecule has 0 spiro atoms. The molecule has 0 amide bonds. The summed E-state index contributed by atoms with van der Waals surface area (Å²) in [5.74, 6) is -1.64. The SMILES string of the molecule is COc1ccc(-n2nnnc2-c2cc(-c3cc(C)c(C4CCCNC4)s3)cnc2N)c(F)c1F. The van der Waals surface area contributed by atoms with Gasteiger partial charge in [-0.1, -0.05) is 0 Å². The number of nitrogens with two attached hydrogens (primary N) is 1. The van der Waals surface area contributed by atoms with E-state index >= 15 is 0 Å². The first-order valence-corrected chi connectivity index (χ1v) is 11.7. The molecule has 176 valence electrons. The van der Waals surface area contributed by atoms with E-state index in [-0.39, 0.29) is 23.1 Å². The number of halogens is 2. The van der Waals surface area contributed by atoms with Crippen molar-refractivity contribution in [2.24, 2.45) is 0 Å². The topological polar surface area (TPSA) is 104 Å². The Morgan fingerprint density at radius 2 is 2.09 bits per heavy atom. The third-order valence-electron chi connectivity index (χ3n) is 6.01. The molecule has 3 aromatic heterocycles. The molecule has 0 bridgehead atoms. The number of anilines is 1. The molecular weight excluding hydrogens is 460 g/mol. The number of ether oxygens (including phenoxy) is 1. The van der Waals surface area contributed by atoms with Crippen LogP contribution in [0.1, 0.15) is 29.2 Å². The average Bonchev–Trinajstić information content (AvgIpc) is 3.49. The lowest BCUT2D eigenvalue weighted by Crippen LogP contribution is -2.28. The van der Waals surface area contributed by atoms with Gasteiger partial charge in [-0.25, -0.2) is 9.37 Å². The van der Waals surface area contributed by atoms with Crippen molar-refractivity contribution in [3.8, 4) is 33.3 Å². The van der Waals surface area contributed by atoms with E-state index in [0.29, 0.717) is 11.5 Å². The van der Waals surface area contributed by atoms with Crippen molar-refractivity contribution in [1.82, 2.24) is 30.5 Å². The van der Waals surface area contributed by atoms with E-state index in [1.54, 1.807) is 17.5 Å². The number of nitrogens with one attached hydrogen (secondary N) is 1. The first-order chi connectivity index (χ1) is 16.5. The molecule has 1 aliphatic heterocycles. The Morgan fingerprint density at radius 3 is 2.85 bits per heavy atom. The van der Waals surface area contributed by atoms with Crippen molar-refractivity contribution in [3.63, 3.8) is 0 Å². The van der Waals surface area contributed by atoms with E-state index in [0.717, 1.165) is 41.1 Å². The summed E-state index contributed by atoms with van der Waals surface area (Å²) in [7, 11) is 1.26. The normalized spacial score (nSPS) is 16.1. The van der Waals surface area contributed by atoms with Crippen LogP contribution in [0.25, 0.3) is 27.5 Å². The maximum atomic E-state index is 14.8. The number of pyridine rings is 1. The Labute approximate surface area is 198 Å². The molecule has 8 nitrogen and oxygen atoms in total. The van der Waals surface area contributed by atoms with Gasteiger partial charge in [0, 0.05) is 34.0 Å². The van der Waals surface area contributed by atoms with Crippen molar-refractivity contribution in [3.05, 3.63) is 52.5 Å². The van der Waals surface area contributed by atoms with Crippen LogP contribution in [-0.4, -0.2) is 45.4 Å². The minimum Gasteiger partial charge on any atom is -0.494 e. The lowest BCUT2D eigenvalue weighted by molar-refractivity contribution is 0.371. The van der Waals surface area contributed by atoms with Gasteiger partial charge in [-0.05, 0) is 66.6 Å². The largest absolute Gasteiger partial charge is 0.494 e. The Morgan fingerprint density at radius 1 is 1.24 bits per heavy atom. The minimum atomic E-state index is -1.13. The van der Waals surface area contributed by atoms with E-state index in [1.165, 1.54) is 29.7 Å². The van der Waals surface area contributed by atoms with Crippen LogP contribution in [0.4, 0.5) is 14.6 Å². The van der Waals surface area contributed by atoms with Gasteiger partial charge in [0.15, 0.2) is 17.4 Å². The molecule has 1 unspecified atom stereocenters. The number of nitrogens with zero attached hydrogens (tertiary/aromatic N) is 5. The van der Waals surface area contributed by atoms with Crippen LogP contribution in [0.2, 0.25) is 0 Å². The number of rotatable bonds is 5. The second-order valence-corrected chi connectivity index (χ2v) is 9.27. The summed E-state index contributed by atoms with van der Waals surface area (Å²) in [5, 5.41) is 15.0. The maximum absolute atomic E-state index is 14.8. The zero-order valence-electron chi connectivity index (χ0n) is 18.7. The van der Waals surface area contributed by atoms with E-state index in [9.17, 15) is 8.78 Å². The highest BCUT2D eigenvalue weighted by Crippen LogP contribution is 2.39. The molecule has 11 heteroatoms. The van der Waals surface area contributed by atoms with Gasteiger partial charge in [-0.15, -0.1) is 16.4 Å². The molecular formula is C23H23F2N7OS. The van der Waals surface area contributed by atoms with Crippen LogP contribution in [0.15, 0.2) is 30.5 Å². The monoisotopic (exact) mass is 483 g/mol. The fourth-order valence-electron chi connectivity index (χ4n) is 4.27. The molecule has 4 aromatic rings. The van der Waals surface area contributed by atoms with E-state index in [4.69, 9.17) is 10.5 Å².